The highest BCUT2D eigenvalue weighted by atomic mass is 28.4. The normalized spacial score (nSPS) is 13.4. The number of Topliss-reactive ketones (excluding diaryl/α,β-unsaturated/α-hetero) is 2. The van der Waals surface area contributed by atoms with Gasteiger partial charge in [-0.2, -0.15) is 0 Å². The van der Waals surface area contributed by atoms with Crippen molar-refractivity contribution in [1.29, 1.82) is 0 Å². The molecule has 0 spiro atoms. The lowest BCUT2D eigenvalue weighted by Crippen LogP contribution is -2.69. The number of ether oxygens (including phenoxy) is 3. The number of carbonyl (C=O) groups is 2. The number of rotatable bonds is 9. The van der Waals surface area contributed by atoms with E-state index in [0.29, 0.717) is 45.3 Å². The van der Waals surface area contributed by atoms with Gasteiger partial charge in [0.25, 0.3) is 0 Å². The summed E-state index contributed by atoms with van der Waals surface area (Å²) in [5.41, 5.74) is 3.02. The number of carbonyl (C=O) groups excluding carboxylic acids is 2. The van der Waals surface area contributed by atoms with Crippen LogP contribution in [0.4, 0.5) is 0 Å². The molecule has 1 aliphatic carbocycles. The largest absolute Gasteiger partial charge is 0.533 e. The van der Waals surface area contributed by atoms with Crippen molar-refractivity contribution >= 4 is 41.0 Å². The van der Waals surface area contributed by atoms with E-state index in [1.165, 1.54) is 0 Å². The first-order valence-electron chi connectivity index (χ1n) is 16.4. The molecule has 7 heteroatoms. The van der Waals surface area contributed by atoms with Crippen LogP contribution in [0.3, 0.4) is 0 Å². The summed E-state index contributed by atoms with van der Waals surface area (Å²) in [7, 11) is 1.73. The molecule has 250 valence electrons. The van der Waals surface area contributed by atoms with Gasteiger partial charge in [-0.1, -0.05) is 106 Å². The van der Waals surface area contributed by atoms with E-state index in [4.69, 9.17) is 18.6 Å². The molecular weight excluding hydrogens is 629 g/mol. The molecule has 0 atom stereocenters. The van der Waals surface area contributed by atoms with E-state index >= 15 is 0 Å². The molecule has 0 radical (unpaired) electrons. The number of benzene rings is 5. The Morgan fingerprint density at radius 3 is 1.76 bits per heavy atom. The summed E-state index contributed by atoms with van der Waals surface area (Å²) in [6.07, 6.45) is 0.156. The Hall–Kier alpha value is -5.14. The van der Waals surface area contributed by atoms with Gasteiger partial charge in [0.2, 0.25) is 0 Å². The Bertz CT molecular complexity index is 2070. The van der Waals surface area contributed by atoms with Crippen molar-refractivity contribution in [3.63, 3.8) is 0 Å². The van der Waals surface area contributed by atoms with Crippen LogP contribution in [-0.2, 0) is 6.42 Å². The zero-order valence-electron chi connectivity index (χ0n) is 29.4. The predicted molar refractivity (Wildman–Crippen MR) is 198 cm³/mol. The first-order valence-corrected chi connectivity index (χ1v) is 18.3. The number of fused-ring (bicyclic) bond motifs is 2. The molecule has 0 saturated heterocycles. The quantitative estimate of drug-likeness (QED) is 0.148. The number of hydrogen-bond donors (Lipinski definition) is 0. The fraction of sp³-hybridized carbons (Fsp3) is 0.238. The third-order valence-corrected chi connectivity index (χ3v) is 14.7. The van der Waals surface area contributed by atoms with Crippen LogP contribution in [0.1, 0.15) is 59.5 Å². The fourth-order valence-electron chi connectivity index (χ4n) is 7.39. The van der Waals surface area contributed by atoms with Crippen molar-refractivity contribution in [2.45, 2.75) is 46.1 Å². The van der Waals surface area contributed by atoms with Gasteiger partial charge in [-0.15, -0.1) is 0 Å². The van der Waals surface area contributed by atoms with E-state index in [-0.39, 0.29) is 23.0 Å². The monoisotopic (exact) mass is 670 g/mol. The number of allylic oxidation sites excluding steroid dienone is 2. The lowest BCUT2D eigenvalue weighted by Gasteiger charge is -2.43. The minimum absolute atomic E-state index is 0.156. The first-order chi connectivity index (χ1) is 23.5. The maximum Gasteiger partial charge on any atom is 0.319 e. The lowest BCUT2D eigenvalue weighted by molar-refractivity contribution is 0.0971. The van der Waals surface area contributed by atoms with Crippen molar-refractivity contribution < 1.29 is 28.2 Å². The summed E-state index contributed by atoms with van der Waals surface area (Å²) in [5, 5.41) is 3.38. The van der Waals surface area contributed by atoms with E-state index < -0.39 is 8.32 Å². The summed E-state index contributed by atoms with van der Waals surface area (Å²) in [6, 6.07) is 31.6. The van der Waals surface area contributed by atoms with E-state index in [1.54, 1.807) is 34.3 Å². The molecule has 49 heavy (non-hydrogen) atoms. The molecule has 5 aromatic rings. The van der Waals surface area contributed by atoms with Gasteiger partial charge < -0.3 is 18.6 Å². The zero-order chi connectivity index (χ0) is 35.1. The highest BCUT2D eigenvalue weighted by Gasteiger charge is 2.53. The Morgan fingerprint density at radius 2 is 1.20 bits per heavy atom. The Balaban J connectivity index is 1.55. The average molecular weight is 671 g/mol. The minimum Gasteiger partial charge on any atom is -0.533 e. The van der Waals surface area contributed by atoms with Gasteiger partial charge in [-0.05, 0) is 47.0 Å². The molecule has 1 aliphatic rings. The highest BCUT2D eigenvalue weighted by molar-refractivity contribution is 7.00. The third-order valence-electron chi connectivity index (χ3n) is 9.79. The van der Waals surface area contributed by atoms with Crippen LogP contribution in [0.2, 0.25) is 5.04 Å². The second-order valence-corrected chi connectivity index (χ2v) is 17.7. The van der Waals surface area contributed by atoms with E-state index in [1.807, 2.05) is 73.7 Å². The summed E-state index contributed by atoms with van der Waals surface area (Å²) >= 11 is 0. The Morgan fingerprint density at radius 1 is 0.633 bits per heavy atom. The molecule has 6 rings (SSSR count). The molecule has 0 amide bonds. The zero-order valence-corrected chi connectivity index (χ0v) is 30.4. The van der Waals surface area contributed by atoms with Gasteiger partial charge in [0.05, 0.1) is 32.3 Å². The van der Waals surface area contributed by atoms with Crippen molar-refractivity contribution in [2.24, 2.45) is 0 Å². The van der Waals surface area contributed by atoms with Crippen molar-refractivity contribution in [3.8, 4) is 23.0 Å². The van der Waals surface area contributed by atoms with E-state index in [9.17, 15) is 9.59 Å². The van der Waals surface area contributed by atoms with Crippen LogP contribution in [0.25, 0.3) is 10.8 Å². The van der Waals surface area contributed by atoms with Gasteiger partial charge in [0.1, 0.15) is 23.0 Å². The van der Waals surface area contributed by atoms with E-state index in [2.05, 4.69) is 45.0 Å². The molecule has 0 aromatic heterocycles. The molecule has 5 aromatic carbocycles. The van der Waals surface area contributed by atoms with E-state index in [0.717, 1.165) is 32.3 Å². The molecular formula is C42H42O6Si. The summed E-state index contributed by atoms with van der Waals surface area (Å²) in [6.45, 7) is 10.2. The van der Waals surface area contributed by atoms with Gasteiger partial charge >= 0.3 is 8.32 Å². The molecule has 0 bridgehead atoms. The van der Waals surface area contributed by atoms with Gasteiger partial charge in [-0.3, -0.25) is 9.59 Å². The molecule has 0 N–H and O–H groups in total. The van der Waals surface area contributed by atoms with Crippen LogP contribution >= 0.6 is 0 Å². The third kappa shape index (κ3) is 5.42. The Kier molecular flexibility index (Phi) is 8.99. The average Bonchev–Trinajstić information content (AvgIpc) is 3.11. The Labute approximate surface area is 289 Å². The summed E-state index contributed by atoms with van der Waals surface area (Å²) in [5.74, 6) is 1.84. The second-order valence-electron chi connectivity index (χ2n) is 13.4. The number of methoxy groups -OCH3 is 3. The topological polar surface area (TPSA) is 71.1 Å². The smallest absolute Gasteiger partial charge is 0.319 e. The first kappa shape index (κ1) is 33.7. The maximum atomic E-state index is 14.9. The molecule has 0 aliphatic heterocycles. The summed E-state index contributed by atoms with van der Waals surface area (Å²) < 4.78 is 25.1. The highest BCUT2D eigenvalue weighted by Crippen LogP contribution is 2.47. The number of hydrogen-bond acceptors (Lipinski definition) is 6. The van der Waals surface area contributed by atoms with Gasteiger partial charge in [0, 0.05) is 34.1 Å². The lowest BCUT2D eigenvalue weighted by atomic mass is 9.80. The summed E-state index contributed by atoms with van der Waals surface area (Å²) in [4.78, 5) is 29.0. The molecule has 0 unspecified atom stereocenters. The molecule has 0 heterocycles. The molecule has 6 nitrogen and oxygen atoms in total. The minimum atomic E-state index is -3.12. The maximum absolute atomic E-state index is 14.9. The van der Waals surface area contributed by atoms with Crippen LogP contribution < -0.4 is 29.0 Å². The van der Waals surface area contributed by atoms with Crippen LogP contribution in [0, 0.1) is 6.92 Å². The van der Waals surface area contributed by atoms with Gasteiger partial charge in [0.15, 0.2) is 11.6 Å². The number of ketones is 2. The van der Waals surface area contributed by atoms with Crippen LogP contribution in [-0.4, -0.2) is 41.2 Å². The molecule has 0 saturated carbocycles. The van der Waals surface area contributed by atoms with Gasteiger partial charge in [-0.25, -0.2) is 0 Å². The molecule has 0 fully saturated rings. The predicted octanol–water partition coefficient (Wildman–Crippen LogP) is 8.05. The van der Waals surface area contributed by atoms with Crippen molar-refractivity contribution in [3.05, 3.63) is 130 Å². The van der Waals surface area contributed by atoms with Crippen LogP contribution in [0.15, 0.2) is 108 Å². The SMILES string of the molecule is COc1c(C)c(CC2=C(C)C(=O)c3cccc(O[Si](c4ccccc4)(c4ccccc4)C(C)(C)C)c3C2=O)c(OC)c2c(OC)cccc12. The van der Waals surface area contributed by atoms with Crippen molar-refractivity contribution in [2.75, 3.05) is 21.3 Å². The van der Waals surface area contributed by atoms with Crippen LogP contribution in [0.5, 0.6) is 23.0 Å². The fourth-order valence-corrected chi connectivity index (χ4v) is 11.8. The van der Waals surface area contributed by atoms with Crippen molar-refractivity contribution in [1.82, 2.24) is 0 Å². The standard InChI is InChI=1S/C42H42O6Si/c1-26-32(25-33-27(2)40(46-7)31-22-16-23-34(45-6)37(31)41(33)47-8)39(44)36-30(38(26)43)21-15-24-35(36)48-49(42(3,4)5,28-17-11-9-12-18-28)29-19-13-10-14-20-29/h9-24H,25H2,1-8H3. The second kappa shape index (κ2) is 13.0.